The molecule has 13 heavy (non-hydrogen) atoms. The van der Waals surface area contributed by atoms with Gasteiger partial charge in [-0.2, -0.15) is 0 Å². The first-order valence-corrected chi connectivity index (χ1v) is 4.54. The molecular weight excluding hydrogens is 201 g/mol. The summed E-state index contributed by atoms with van der Waals surface area (Å²) in [4.78, 5) is 22.8. The van der Waals surface area contributed by atoms with Gasteiger partial charge in [0.25, 0.3) is 0 Å². The van der Waals surface area contributed by atoms with Crippen molar-refractivity contribution in [2.75, 3.05) is 5.88 Å². The molecule has 0 spiro atoms. The van der Waals surface area contributed by atoms with Crippen LogP contribution in [0.25, 0.3) is 0 Å². The van der Waals surface area contributed by atoms with Crippen molar-refractivity contribution in [1.82, 2.24) is 4.90 Å². The molecule has 0 aromatic carbocycles. The Morgan fingerprint density at radius 2 is 2.15 bits per heavy atom. The monoisotopic (exact) mass is 211 g/mol. The van der Waals surface area contributed by atoms with E-state index in [4.69, 9.17) is 5.11 Å². The van der Waals surface area contributed by atoms with Crippen LogP contribution < -0.4 is 0 Å². The Kier molecular flexibility index (Phi) is 6.49. The molecular formula is C7H10NNaO3S. The van der Waals surface area contributed by atoms with Gasteiger partial charge in [0.15, 0.2) is 0 Å². The average molecular weight is 211 g/mol. The van der Waals surface area contributed by atoms with Crippen molar-refractivity contribution in [3.8, 4) is 0 Å². The van der Waals surface area contributed by atoms with Crippen LogP contribution in [0.4, 0.5) is 0 Å². The SMILES string of the molecule is O=C(O)CCC(=O)N1C=CSC1.[NaH]. The van der Waals surface area contributed by atoms with Crippen LogP contribution in [0.15, 0.2) is 11.6 Å². The summed E-state index contributed by atoms with van der Waals surface area (Å²) in [5.74, 6) is -0.448. The average Bonchev–Trinajstić information content (AvgIpc) is 2.51. The Bertz CT molecular complexity index is 232. The molecule has 1 heterocycles. The Morgan fingerprint density at radius 3 is 2.62 bits per heavy atom. The van der Waals surface area contributed by atoms with Crippen LogP contribution in [0.2, 0.25) is 0 Å². The Morgan fingerprint density at radius 1 is 1.46 bits per heavy atom. The number of carbonyl (C=O) groups excluding carboxylic acids is 1. The number of carboxylic acids is 1. The fraction of sp³-hybridized carbons (Fsp3) is 0.429. The number of hydrogen-bond acceptors (Lipinski definition) is 3. The first-order valence-electron chi connectivity index (χ1n) is 3.49. The summed E-state index contributed by atoms with van der Waals surface area (Å²) in [6, 6.07) is 0. The zero-order valence-corrected chi connectivity index (χ0v) is 7.21. The van der Waals surface area contributed by atoms with Crippen molar-refractivity contribution in [2.45, 2.75) is 12.8 Å². The Balaban J connectivity index is 0.00000144. The summed E-state index contributed by atoms with van der Waals surface area (Å²) < 4.78 is 0. The van der Waals surface area contributed by atoms with E-state index in [-0.39, 0.29) is 48.3 Å². The van der Waals surface area contributed by atoms with Crippen molar-refractivity contribution in [1.29, 1.82) is 0 Å². The van der Waals surface area contributed by atoms with E-state index in [1.165, 1.54) is 16.7 Å². The number of aliphatic carboxylic acids is 1. The molecule has 0 aromatic rings. The van der Waals surface area contributed by atoms with Gasteiger partial charge in [0, 0.05) is 12.6 Å². The number of amides is 1. The van der Waals surface area contributed by atoms with Crippen molar-refractivity contribution in [2.24, 2.45) is 0 Å². The molecule has 0 radical (unpaired) electrons. The van der Waals surface area contributed by atoms with Gasteiger partial charge in [-0.1, -0.05) is 0 Å². The van der Waals surface area contributed by atoms with Gasteiger partial charge in [-0.25, -0.2) is 0 Å². The predicted molar refractivity (Wildman–Crippen MR) is 52.5 cm³/mol. The topological polar surface area (TPSA) is 57.6 Å². The third-order valence-electron chi connectivity index (χ3n) is 1.42. The van der Waals surface area contributed by atoms with E-state index in [2.05, 4.69) is 0 Å². The van der Waals surface area contributed by atoms with E-state index in [0.29, 0.717) is 5.88 Å². The number of rotatable bonds is 3. The number of thioether (sulfide) groups is 1. The van der Waals surface area contributed by atoms with Crippen LogP contribution in [-0.4, -0.2) is 57.3 Å². The van der Waals surface area contributed by atoms with Crippen molar-refractivity contribution >= 4 is 53.2 Å². The summed E-state index contributed by atoms with van der Waals surface area (Å²) in [6.45, 7) is 0. The predicted octanol–water partition coefficient (Wildman–Crippen LogP) is 0.207. The van der Waals surface area contributed by atoms with Crippen molar-refractivity contribution < 1.29 is 14.7 Å². The molecule has 6 heteroatoms. The molecule has 4 nitrogen and oxygen atoms in total. The number of hydrogen-bond donors (Lipinski definition) is 1. The first kappa shape index (κ1) is 13.0. The summed E-state index contributed by atoms with van der Waals surface area (Å²) in [5, 5.41) is 10.1. The molecule has 1 N–H and O–H groups in total. The molecule has 0 saturated carbocycles. The zero-order chi connectivity index (χ0) is 8.97. The Hall–Kier alpha value is 0.0300. The van der Waals surface area contributed by atoms with Gasteiger partial charge < -0.3 is 10.0 Å². The minimum atomic E-state index is -0.931. The first-order chi connectivity index (χ1) is 5.70. The molecule has 1 aliphatic rings. The van der Waals surface area contributed by atoms with Crippen molar-refractivity contribution in [3.05, 3.63) is 11.6 Å². The third-order valence-corrected chi connectivity index (χ3v) is 2.17. The molecule has 1 rings (SSSR count). The summed E-state index contributed by atoms with van der Waals surface area (Å²) in [5.41, 5.74) is 0. The van der Waals surface area contributed by atoms with Gasteiger partial charge in [0.05, 0.1) is 12.3 Å². The van der Waals surface area contributed by atoms with E-state index in [1.807, 2.05) is 5.41 Å². The van der Waals surface area contributed by atoms with E-state index < -0.39 is 5.97 Å². The van der Waals surface area contributed by atoms with E-state index in [0.717, 1.165) is 0 Å². The van der Waals surface area contributed by atoms with Crippen LogP contribution >= 0.6 is 11.8 Å². The molecule has 0 bridgehead atoms. The number of carboxylic acid groups (broad SMARTS) is 1. The van der Waals surface area contributed by atoms with E-state index >= 15 is 0 Å². The second-order valence-electron chi connectivity index (χ2n) is 2.34. The van der Waals surface area contributed by atoms with Crippen LogP contribution in [0, 0.1) is 0 Å². The van der Waals surface area contributed by atoms with Gasteiger partial charge in [0.1, 0.15) is 0 Å². The molecule has 1 aliphatic heterocycles. The Labute approximate surface area is 103 Å². The molecule has 0 unspecified atom stereocenters. The fourth-order valence-electron chi connectivity index (χ4n) is 0.795. The number of carbonyl (C=O) groups is 2. The third kappa shape index (κ3) is 4.71. The molecule has 1 amide bonds. The molecule has 0 aliphatic carbocycles. The van der Waals surface area contributed by atoms with Gasteiger partial charge in [-0.05, 0) is 5.41 Å². The van der Waals surface area contributed by atoms with Gasteiger partial charge >= 0.3 is 35.5 Å². The summed E-state index contributed by atoms with van der Waals surface area (Å²) in [7, 11) is 0. The maximum atomic E-state index is 11.1. The molecule has 0 saturated heterocycles. The quantitative estimate of drug-likeness (QED) is 0.678. The molecule has 0 aromatic heterocycles. The van der Waals surface area contributed by atoms with Gasteiger partial charge in [-0.3, -0.25) is 9.59 Å². The summed E-state index contributed by atoms with van der Waals surface area (Å²) >= 11 is 1.52. The van der Waals surface area contributed by atoms with E-state index in [1.54, 1.807) is 6.20 Å². The standard InChI is InChI=1S/C7H9NO3S.Na.H/c9-6(1-2-7(10)11)8-3-4-12-5-8;;/h3-4H,1-2,5H2,(H,10,11);;. The van der Waals surface area contributed by atoms with Crippen LogP contribution in [0.5, 0.6) is 0 Å². The second-order valence-corrected chi connectivity index (χ2v) is 3.20. The molecule has 0 fully saturated rings. The maximum absolute atomic E-state index is 11.1. The number of nitrogens with zero attached hydrogens (tertiary/aromatic N) is 1. The van der Waals surface area contributed by atoms with Crippen LogP contribution in [-0.2, 0) is 9.59 Å². The zero-order valence-electron chi connectivity index (χ0n) is 6.40. The van der Waals surface area contributed by atoms with E-state index in [9.17, 15) is 9.59 Å². The molecule has 68 valence electrons. The second kappa shape index (κ2) is 6.48. The van der Waals surface area contributed by atoms with Gasteiger partial charge in [0.2, 0.25) is 5.91 Å². The fourth-order valence-corrected chi connectivity index (χ4v) is 1.51. The van der Waals surface area contributed by atoms with Crippen LogP contribution in [0.3, 0.4) is 0 Å². The normalized spacial score (nSPS) is 14.0. The van der Waals surface area contributed by atoms with Crippen molar-refractivity contribution in [3.63, 3.8) is 0 Å². The summed E-state index contributed by atoms with van der Waals surface area (Å²) in [6.07, 6.45) is 1.67. The minimum absolute atomic E-state index is 0. The molecule has 0 atom stereocenters. The van der Waals surface area contributed by atoms with Crippen LogP contribution in [0.1, 0.15) is 12.8 Å². The van der Waals surface area contributed by atoms with Gasteiger partial charge in [-0.15, -0.1) is 11.8 Å².